The quantitative estimate of drug-likeness (QED) is 0.598. The molecule has 2 aromatic rings. The summed E-state index contributed by atoms with van der Waals surface area (Å²) in [6, 6.07) is 6.99. The molecular weight excluding hydrogens is 398 g/mol. The zero-order chi connectivity index (χ0) is 21.3. The average molecular weight is 423 g/mol. The van der Waals surface area contributed by atoms with Crippen LogP contribution in [0.25, 0.3) is 0 Å². The normalized spacial score (nSPS) is 24.4. The molecule has 1 heterocycles. The molecule has 1 aliphatic rings. The lowest BCUT2D eigenvalue weighted by molar-refractivity contribution is 0.00250. The van der Waals surface area contributed by atoms with Crippen LogP contribution in [0.1, 0.15) is 22.6 Å². The van der Waals surface area contributed by atoms with Gasteiger partial charge in [0.25, 0.3) is 5.91 Å². The number of ether oxygens (including phenoxy) is 1. The molecule has 0 radical (unpaired) electrons. The second-order valence-electron chi connectivity index (χ2n) is 7.41. The van der Waals surface area contributed by atoms with Crippen molar-refractivity contribution in [2.45, 2.75) is 36.5 Å². The highest BCUT2D eigenvalue weighted by atomic mass is 32.2. The number of carbonyl (C=O) groups is 1. The Hall–Kier alpha value is -2.43. The molecule has 4 atom stereocenters. The number of hydrogen-bond donors (Lipinski definition) is 3. The molecule has 1 aromatic heterocycles. The van der Waals surface area contributed by atoms with Crippen molar-refractivity contribution in [3.63, 3.8) is 0 Å². The van der Waals surface area contributed by atoms with Crippen LogP contribution in [-0.4, -0.2) is 65.4 Å². The first-order chi connectivity index (χ1) is 13.6. The Balaban J connectivity index is 1.58. The van der Waals surface area contributed by atoms with E-state index in [1.54, 1.807) is 17.8 Å². The van der Waals surface area contributed by atoms with Gasteiger partial charge in [0.1, 0.15) is 17.5 Å². The molecule has 158 valence electrons. The van der Waals surface area contributed by atoms with Crippen LogP contribution < -0.4 is 10.1 Å². The third-order valence-corrected chi connectivity index (χ3v) is 6.31. The van der Waals surface area contributed by atoms with Gasteiger partial charge in [0.2, 0.25) is 0 Å². The highest BCUT2D eigenvalue weighted by Crippen LogP contribution is 2.28. The zero-order valence-corrected chi connectivity index (χ0v) is 17.3. The summed E-state index contributed by atoms with van der Waals surface area (Å²) in [5.74, 6) is -0.353. The van der Waals surface area contributed by atoms with Crippen LogP contribution in [0.15, 0.2) is 35.2 Å². The molecule has 29 heavy (non-hydrogen) atoms. The maximum Gasteiger partial charge on any atom is 0.272 e. The minimum atomic E-state index is -3.28. The minimum Gasteiger partial charge on any atom is -0.493 e. The molecule has 3 N–H and O–H groups in total. The van der Waals surface area contributed by atoms with Crippen molar-refractivity contribution in [1.29, 1.82) is 0 Å². The Morgan fingerprint density at radius 1 is 1.28 bits per heavy atom. The molecule has 0 bridgehead atoms. The Morgan fingerprint density at radius 2 is 1.93 bits per heavy atom. The van der Waals surface area contributed by atoms with Crippen molar-refractivity contribution < 1.29 is 28.2 Å². The number of hydrogen-bond acceptors (Lipinski definition) is 7. The topological polar surface area (TPSA) is 131 Å². The van der Waals surface area contributed by atoms with Crippen LogP contribution in [0.2, 0.25) is 0 Å². The van der Waals surface area contributed by atoms with Crippen molar-refractivity contribution in [3.8, 4) is 5.75 Å². The molecule has 10 heteroatoms. The number of nitrogens with one attached hydrogen (secondary N) is 1. The predicted molar refractivity (Wildman–Crippen MR) is 104 cm³/mol. The lowest BCUT2D eigenvalue weighted by Crippen LogP contribution is -2.43. The summed E-state index contributed by atoms with van der Waals surface area (Å²) in [5.41, 5.74) is 1.08. The molecule has 0 unspecified atom stereocenters. The van der Waals surface area contributed by atoms with E-state index in [2.05, 4.69) is 10.4 Å². The standard InChI is InChI=1S/C19H25N3O6S/c1-11-8-16(21-22(11)2)19(25)20-15-9-12(17(23)18(15)24)10-28-13-4-6-14(7-5-13)29(3,26)27/h4-8,12,15,17-18,23-24H,9-10H2,1-3H3,(H,20,25)/t12-,15-,17-,18+/m1/s1. The van der Waals surface area contributed by atoms with Gasteiger partial charge in [0, 0.05) is 24.9 Å². The van der Waals surface area contributed by atoms with E-state index < -0.39 is 39.9 Å². The first kappa shape index (κ1) is 21.3. The van der Waals surface area contributed by atoms with Gasteiger partial charge in [-0.25, -0.2) is 8.42 Å². The monoisotopic (exact) mass is 423 g/mol. The number of aliphatic hydroxyl groups excluding tert-OH is 2. The van der Waals surface area contributed by atoms with Crippen molar-refractivity contribution in [2.75, 3.05) is 12.9 Å². The third kappa shape index (κ3) is 4.77. The molecule has 0 aliphatic heterocycles. The van der Waals surface area contributed by atoms with Crippen LogP contribution in [0.3, 0.4) is 0 Å². The number of carbonyl (C=O) groups excluding carboxylic acids is 1. The maximum absolute atomic E-state index is 12.4. The summed E-state index contributed by atoms with van der Waals surface area (Å²) >= 11 is 0. The van der Waals surface area contributed by atoms with Gasteiger partial charge in [-0.1, -0.05) is 0 Å². The summed E-state index contributed by atoms with van der Waals surface area (Å²) in [6.45, 7) is 1.94. The van der Waals surface area contributed by atoms with Gasteiger partial charge in [-0.3, -0.25) is 9.48 Å². The Bertz CT molecular complexity index is 966. The summed E-state index contributed by atoms with van der Waals surface area (Å²) in [4.78, 5) is 12.5. The molecule has 9 nitrogen and oxygen atoms in total. The summed E-state index contributed by atoms with van der Waals surface area (Å²) in [6.07, 6.45) is -0.715. The lowest BCUT2D eigenvalue weighted by Gasteiger charge is -2.18. The first-order valence-electron chi connectivity index (χ1n) is 9.17. The van der Waals surface area contributed by atoms with Crippen LogP contribution in [0, 0.1) is 12.8 Å². The molecule has 1 amide bonds. The summed E-state index contributed by atoms with van der Waals surface area (Å²) in [5, 5.41) is 27.4. The number of nitrogens with zero attached hydrogens (tertiary/aromatic N) is 2. The lowest BCUT2D eigenvalue weighted by atomic mass is 10.1. The fraction of sp³-hybridized carbons (Fsp3) is 0.474. The first-order valence-corrected chi connectivity index (χ1v) is 11.1. The molecule has 3 rings (SSSR count). The fourth-order valence-electron chi connectivity index (χ4n) is 3.33. The smallest absolute Gasteiger partial charge is 0.272 e. The van der Waals surface area contributed by atoms with Gasteiger partial charge in [-0.2, -0.15) is 5.10 Å². The second kappa shape index (κ2) is 8.13. The molecule has 0 saturated heterocycles. The minimum absolute atomic E-state index is 0.117. The van der Waals surface area contributed by atoms with E-state index in [1.807, 2.05) is 6.92 Å². The van der Waals surface area contributed by atoms with Crippen molar-refractivity contribution in [3.05, 3.63) is 41.7 Å². The van der Waals surface area contributed by atoms with E-state index in [1.165, 1.54) is 24.3 Å². The molecule has 1 aliphatic carbocycles. The van der Waals surface area contributed by atoms with Gasteiger partial charge >= 0.3 is 0 Å². The van der Waals surface area contributed by atoms with Gasteiger partial charge in [0.15, 0.2) is 9.84 Å². The van der Waals surface area contributed by atoms with E-state index in [9.17, 15) is 23.4 Å². The van der Waals surface area contributed by atoms with Gasteiger partial charge in [-0.05, 0) is 43.7 Å². The molecule has 1 fully saturated rings. The number of aliphatic hydroxyl groups is 2. The van der Waals surface area contributed by atoms with Gasteiger partial charge in [0.05, 0.1) is 23.6 Å². The van der Waals surface area contributed by atoms with Crippen LogP contribution in [0.5, 0.6) is 5.75 Å². The van der Waals surface area contributed by atoms with E-state index in [0.29, 0.717) is 12.2 Å². The number of benzene rings is 1. The predicted octanol–water partition coefficient (Wildman–Crippen LogP) is 0.0511. The van der Waals surface area contributed by atoms with Crippen LogP contribution >= 0.6 is 0 Å². The number of amides is 1. The maximum atomic E-state index is 12.4. The zero-order valence-electron chi connectivity index (χ0n) is 16.4. The molecule has 0 spiro atoms. The molecule has 1 aromatic carbocycles. The second-order valence-corrected chi connectivity index (χ2v) is 9.42. The molecule has 1 saturated carbocycles. The van der Waals surface area contributed by atoms with E-state index in [4.69, 9.17) is 4.74 Å². The average Bonchev–Trinajstić information content (AvgIpc) is 3.13. The molecular formula is C19H25N3O6S. The van der Waals surface area contributed by atoms with Crippen molar-refractivity contribution in [1.82, 2.24) is 15.1 Å². The van der Waals surface area contributed by atoms with Crippen LogP contribution in [0.4, 0.5) is 0 Å². The van der Waals surface area contributed by atoms with Gasteiger partial charge in [-0.15, -0.1) is 0 Å². The number of aromatic nitrogens is 2. The third-order valence-electron chi connectivity index (χ3n) is 5.18. The van der Waals surface area contributed by atoms with Gasteiger partial charge < -0.3 is 20.3 Å². The Kier molecular flexibility index (Phi) is 5.97. The number of sulfone groups is 1. The van der Waals surface area contributed by atoms with Crippen molar-refractivity contribution >= 4 is 15.7 Å². The SMILES string of the molecule is Cc1cc(C(=O)N[C@@H]2C[C@H](COc3ccc(S(C)(=O)=O)cc3)[C@@H](O)[C@H]2O)nn1C. The summed E-state index contributed by atoms with van der Waals surface area (Å²) < 4.78 is 30.2. The number of rotatable bonds is 6. The summed E-state index contributed by atoms with van der Waals surface area (Å²) in [7, 11) is -1.55. The Labute approximate surface area is 169 Å². The van der Waals surface area contributed by atoms with Crippen molar-refractivity contribution in [2.24, 2.45) is 13.0 Å². The highest BCUT2D eigenvalue weighted by Gasteiger charge is 2.42. The van der Waals surface area contributed by atoms with E-state index in [-0.39, 0.29) is 17.2 Å². The number of aryl methyl sites for hydroxylation is 2. The Morgan fingerprint density at radius 3 is 2.48 bits per heavy atom. The van der Waals surface area contributed by atoms with E-state index >= 15 is 0 Å². The fourth-order valence-corrected chi connectivity index (χ4v) is 3.96. The van der Waals surface area contributed by atoms with Crippen LogP contribution in [-0.2, 0) is 16.9 Å². The van der Waals surface area contributed by atoms with E-state index in [0.717, 1.165) is 11.9 Å². The largest absolute Gasteiger partial charge is 0.493 e. The highest BCUT2D eigenvalue weighted by molar-refractivity contribution is 7.90.